The van der Waals surface area contributed by atoms with Crippen molar-refractivity contribution in [1.82, 2.24) is 10.4 Å². The van der Waals surface area contributed by atoms with Gasteiger partial charge >= 0.3 is 0 Å². The highest BCUT2D eigenvalue weighted by molar-refractivity contribution is 6.10. The first-order valence-corrected chi connectivity index (χ1v) is 11.4. The molecule has 6 heteroatoms. The van der Waals surface area contributed by atoms with E-state index in [2.05, 4.69) is 17.3 Å². The number of hydrogen-bond acceptors (Lipinski definition) is 5. The number of aryl methyl sites for hydroxylation is 2. The summed E-state index contributed by atoms with van der Waals surface area (Å²) in [6.45, 7) is 9.21. The standard InChI is InChI=1S/C26H34N2O4/c1-6-7-20-12-17(2)23(18(3)13-20)24-21(29)14-26(15-22(24)30)8-10-28(11-9-26)25(31)19(4)16-27-32-5/h12-13,19,24,27H,8-11,14-16H2,1-5H3. The Morgan fingerprint density at radius 1 is 1.19 bits per heavy atom. The van der Waals surface area contributed by atoms with E-state index in [-0.39, 0.29) is 28.8 Å². The van der Waals surface area contributed by atoms with Crippen molar-refractivity contribution in [3.8, 4) is 11.8 Å². The average molecular weight is 439 g/mol. The SMILES string of the molecule is CC#Cc1cc(C)c(C2C(=O)CC3(CCN(C(=O)C(C)CNOC)CC3)CC2=O)c(C)c1. The third-order valence-corrected chi connectivity index (χ3v) is 6.99. The first kappa shape index (κ1) is 24.2. The quantitative estimate of drug-likeness (QED) is 0.434. The van der Waals surface area contributed by atoms with Gasteiger partial charge < -0.3 is 9.74 Å². The number of likely N-dealkylation sites (tertiary alicyclic amines) is 1. The molecule has 6 nitrogen and oxygen atoms in total. The van der Waals surface area contributed by atoms with E-state index in [4.69, 9.17) is 4.84 Å². The minimum Gasteiger partial charge on any atom is -0.342 e. The van der Waals surface area contributed by atoms with Crippen LogP contribution in [-0.4, -0.2) is 49.1 Å². The fraction of sp³-hybridized carbons (Fsp3) is 0.577. The molecule has 1 aromatic carbocycles. The third-order valence-electron chi connectivity index (χ3n) is 6.99. The highest BCUT2D eigenvalue weighted by atomic mass is 16.6. The molecule has 2 aliphatic rings. The molecule has 1 aliphatic heterocycles. The van der Waals surface area contributed by atoms with Crippen LogP contribution in [-0.2, 0) is 19.2 Å². The molecule has 2 fully saturated rings. The summed E-state index contributed by atoms with van der Waals surface area (Å²) < 4.78 is 0. The zero-order valence-corrected chi connectivity index (χ0v) is 19.8. The Kier molecular flexibility index (Phi) is 7.53. The van der Waals surface area contributed by atoms with Crippen molar-refractivity contribution in [1.29, 1.82) is 0 Å². The van der Waals surface area contributed by atoms with Crippen LogP contribution in [0.25, 0.3) is 0 Å². The monoisotopic (exact) mass is 438 g/mol. The molecular weight excluding hydrogens is 404 g/mol. The number of amides is 1. The van der Waals surface area contributed by atoms with E-state index in [0.29, 0.717) is 45.3 Å². The average Bonchev–Trinajstić information content (AvgIpc) is 2.73. The second-order valence-electron chi connectivity index (χ2n) is 9.40. The Balaban J connectivity index is 1.71. The van der Waals surface area contributed by atoms with Gasteiger partial charge in [-0.3, -0.25) is 14.4 Å². The number of rotatable bonds is 5. The van der Waals surface area contributed by atoms with Crippen molar-refractivity contribution < 1.29 is 19.2 Å². The normalized spacial score (nSPS) is 19.6. The Hall–Kier alpha value is -2.49. The van der Waals surface area contributed by atoms with Gasteiger partial charge in [0, 0.05) is 38.0 Å². The molecule has 3 rings (SSSR count). The lowest BCUT2D eigenvalue weighted by Crippen LogP contribution is -2.50. The third kappa shape index (κ3) is 4.95. The van der Waals surface area contributed by atoms with Gasteiger partial charge in [-0.05, 0) is 67.9 Å². The topological polar surface area (TPSA) is 75.7 Å². The molecule has 1 atom stereocenters. The summed E-state index contributed by atoms with van der Waals surface area (Å²) in [5.74, 6) is 5.20. The predicted octanol–water partition coefficient (Wildman–Crippen LogP) is 3.09. The predicted molar refractivity (Wildman–Crippen MR) is 123 cm³/mol. The van der Waals surface area contributed by atoms with Crippen LogP contribution < -0.4 is 5.48 Å². The highest BCUT2D eigenvalue weighted by Gasteiger charge is 2.48. The second-order valence-corrected chi connectivity index (χ2v) is 9.40. The maximum atomic E-state index is 13.3. The zero-order chi connectivity index (χ0) is 23.5. The van der Waals surface area contributed by atoms with Crippen LogP contribution in [0.1, 0.15) is 67.7 Å². The number of hydroxylamine groups is 1. The lowest BCUT2D eigenvalue weighted by atomic mass is 9.62. The smallest absolute Gasteiger partial charge is 0.226 e. The van der Waals surface area contributed by atoms with Crippen LogP contribution in [0.3, 0.4) is 0 Å². The number of carbonyl (C=O) groups excluding carboxylic acids is 3. The number of ketones is 2. The molecule has 0 bridgehead atoms. The van der Waals surface area contributed by atoms with Crippen LogP contribution in [0, 0.1) is 37.0 Å². The molecule has 1 saturated carbocycles. The minimum absolute atomic E-state index is 0.0132. The Bertz CT molecular complexity index is 921. The summed E-state index contributed by atoms with van der Waals surface area (Å²) in [5, 5.41) is 0. The van der Waals surface area contributed by atoms with E-state index >= 15 is 0 Å². The van der Waals surface area contributed by atoms with E-state index in [1.807, 2.05) is 37.8 Å². The Morgan fingerprint density at radius 3 is 2.25 bits per heavy atom. The number of Topliss-reactive ketones (excluding diaryl/α,β-unsaturated/α-hetero) is 2. The minimum atomic E-state index is -0.677. The molecule has 1 N–H and O–H groups in total. The lowest BCUT2D eigenvalue weighted by molar-refractivity contribution is -0.142. The van der Waals surface area contributed by atoms with Crippen molar-refractivity contribution >= 4 is 17.5 Å². The molecule has 0 aromatic heterocycles. The molecule has 1 aliphatic carbocycles. The van der Waals surface area contributed by atoms with Crippen LogP contribution >= 0.6 is 0 Å². The first-order valence-electron chi connectivity index (χ1n) is 11.4. The maximum Gasteiger partial charge on any atom is 0.226 e. The molecular formula is C26H34N2O4. The summed E-state index contributed by atoms with van der Waals surface area (Å²) in [6.07, 6.45) is 2.19. The number of piperidine rings is 1. The zero-order valence-electron chi connectivity index (χ0n) is 19.8. The number of carbonyl (C=O) groups is 3. The molecule has 1 spiro atoms. The van der Waals surface area contributed by atoms with Gasteiger partial charge in [-0.15, -0.1) is 5.92 Å². The number of nitrogens with one attached hydrogen (secondary N) is 1. The van der Waals surface area contributed by atoms with Gasteiger partial charge in [0.15, 0.2) is 0 Å². The second kappa shape index (κ2) is 9.97. The summed E-state index contributed by atoms with van der Waals surface area (Å²) >= 11 is 0. The van der Waals surface area contributed by atoms with E-state index < -0.39 is 5.92 Å². The van der Waals surface area contributed by atoms with E-state index in [0.717, 1.165) is 22.3 Å². The number of benzene rings is 1. The Labute approximate surface area is 191 Å². The lowest BCUT2D eigenvalue weighted by Gasteiger charge is -2.45. The molecule has 1 unspecified atom stereocenters. The maximum absolute atomic E-state index is 13.3. The fourth-order valence-electron chi connectivity index (χ4n) is 5.32. The summed E-state index contributed by atoms with van der Waals surface area (Å²) in [5.41, 5.74) is 6.07. The molecule has 1 amide bonds. The molecule has 32 heavy (non-hydrogen) atoms. The Morgan fingerprint density at radius 2 is 1.75 bits per heavy atom. The van der Waals surface area contributed by atoms with E-state index in [1.165, 1.54) is 7.11 Å². The van der Waals surface area contributed by atoms with Crippen molar-refractivity contribution in [2.75, 3.05) is 26.7 Å². The van der Waals surface area contributed by atoms with Gasteiger partial charge in [0.1, 0.15) is 17.5 Å². The molecule has 0 radical (unpaired) electrons. The first-order chi connectivity index (χ1) is 15.2. The van der Waals surface area contributed by atoms with Crippen molar-refractivity contribution in [3.63, 3.8) is 0 Å². The van der Waals surface area contributed by atoms with Gasteiger partial charge in [-0.2, -0.15) is 0 Å². The van der Waals surface area contributed by atoms with Crippen molar-refractivity contribution in [2.24, 2.45) is 11.3 Å². The molecule has 1 heterocycles. The molecule has 172 valence electrons. The largest absolute Gasteiger partial charge is 0.342 e. The van der Waals surface area contributed by atoms with Crippen LogP contribution in [0.15, 0.2) is 12.1 Å². The summed E-state index contributed by atoms with van der Waals surface area (Å²) in [7, 11) is 1.53. The summed E-state index contributed by atoms with van der Waals surface area (Å²) in [6, 6.07) is 3.93. The van der Waals surface area contributed by atoms with Gasteiger partial charge in [0.05, 0.1) is 13.0 Å². The molecule has 1 saturated heterocycles. The van der Waals surface area contributed by atoms with Gasteiger partial charge in [0.25, 0.3) is 0 Å². The van der Waals surface area contributed by atoms with Gasteiger partial charge in [-0.25, -0.2) is 5.48 Å². The number of nitrogens with zero attached hydrogens (tertiary/aromatic N) is 1. The molecule has 1 aromatic rings. The van der Waals surface area contributed by atoms with Crippen LogP contribution in [0.2, 0.25) is 0 Å². The van der Waals surface area contributed by atoms with Crippen LogP contribution in [0.4, 0.5) is 0 Å². The van der Waals surface area contributed by atoms with Gasteiger partial charge in [0.2, 0.25) is 5.91 Å². The van der Waals surface area contributed by atoms with E-state index in [9.17, 15) is 14.4 Å². The fourth-order valence-corrected chi connectivity index (χ4v) is 5.32. The summed E-state index contributed by atoms with van der Waals surface area (Å²) in [4.78, 5) is 45.9. The van der Waals surface area contributed by atoms with Crippen molar-refractivity contribution in [2.45, 2.75) is 59.3 Å². The number of hydrogen-bond donors (Lipinski definition) is 1. The van der Waals surface area contributed by atoms with Crippen LogP contribution in [0.5, 0.6) is 0 Å². The van der Waals surface area contributed by atoms with Crippen molar-refractivity contribution in [3.05, 3.63) is 34.4 Å². The highest BCUT2D eigenvalue weighted by Crippen LogP contribution is 2.46. The van der Waals surface area contributed by atoms with E-state index in [1.54, 1.807) is 6.92 Å². The van der Waals surface area contributed by atoms with Gasteiger partial charge in [-0.1, -0.05) is 12.8 Å².